The molecule has 0 fully saturated rings. The first-order valence-corrected chi connectivity index (χ1v) is 8.05. The molecule has 0 aromatic heterocycles. The normalized spacial score (nSPS) is 13.9. The van der Waals surface area contributed by atoms with Crippen molar-refractivity contribution < 1.29 is 14.7 Å². The lowest BCUT2D eigenvalue weighted by molar-refractivity contribution is -0.115. The van der Waals surface area contributed by atoms with Gasteiger partial charge in [-0.05, 0) is 18.2 Å². The molecule has 1 aliphatic rings. The molecule has 1 aliphatic heterocycles. The van der Waals surface area contributed by atoms with Crippen molar-refractivity contribution in [3.8, 4) is 0 Å². The van der Waals surface area contributed by atoms with E-state index in [1.165, 1.54) is 12.1 Å². The van der Waals surface area contributed by atoms with Crippen LogP contribution in [0.15, 0.2) is 29.3 Å². The number of nitrogens with zero attached hydrogens (tertiary/aromatic N) is 1. The van der Waals surface area contributed by atoms with Gasteiger partial charge in [0.25, 0.3) is 0 Å². The molecule has 20 heavy (non-hydrogen) atoms. The number of hydrogen-bond acceptors (Lipinski definition) is 5. The lowest BCUT2D eigenvalue weighted by Crippen LogP contribution is -2.13. The third-order valence-electron chi connectivity index (χ3n) is 2.51. The number of hydrogen-bond donors (Lipinski definition) is 2. The number of carboxylic acids is 1. The van der Waals surface area contributed by atoms with Gasteiger partial charge in [0.15, 0.2) is 0 Å². The standard InChI is InChI=1S/C13H14N2O3S2/c16-11(4-6-19-13-14-5-7-20-13)15-10-3-1-2-9(8-10)12(17)18/h1-3,8H,4-7H2,(H,15,16)(H,17,18). The van der Waals surface area contributed by atoms with Crippen LogP contribution in [0.2, 0.25) is 0 Å². The number of anilines is 1. The highest BCUT2D eigenvalue weighted by Gasteiger charge is 2.10. The van der Waals surface area contributed by atoms with E-state index in [1.807, 2.05) is 0 Å². The van der Waals surface area contributed by atoms with Gasteiger partial charge in [-0.2, -0.15) is 0 Å². The summed E-state index contributed by atoms with van der Waals surface area (Å²) in [5.74, 6) is 0.573. The first-order valence-electron chi connectivity index (χ1n) is 6.08. The van der Waals surface area contributed by atoms with Crippen LogP contribution in [0.3, 0.4) is 0 Å². The molecule has 1 aromatic carbocycles. The van der Waals surface area contributed by atoms with Gasteiger partial charge in [0.1, 0.15) is 4.38 Å². The zero-order valence-electron chi connectivity index (χ0n) is 10.7. The molecule has 1 amide bonds. The van der Waals surface area contributed by atoms with Gasteiger partial charge in [0.05, 0.1) is 12.1 Å². The Morgan fingerprint density at radius 3 is 3.00 bits per heavy atom. The molecule has 106 valence electrons. The molecule has 0 saturated carbocycles. The third kappa shape index (κ3) is 4.57. The maximum absolute atomic E-state index is 11.7. The van der Waals surface area contributed by atoms with E-state index < -0.39 is 5.97 Å². The molecule has 0 aliphatic carbocycles. The Hall–Kier alpha value is -1.47. The zero-order valence-corrected chi connectivity index (χ0v) is 12.3. The van der Waals surface area contributed by atoms with E-state index in [9.17, 15) is 9.59 Å². The number of carbonyl (C=O) groups is 2. The van der Waals surface area contributed by atoms with Gasteiger partial charge in [-0.25, -0.2) is 4.79 Å². The second-order valence-electron chi connectivity index (χ2n) is 4.03. The van der Waals surface area contributed by atoms with Gasteiger partial charge in [0, 0.05) is 23.6 Å². The van der Waals surface area contributed by atoms with Crippen LogP contribution in [0.4, 0.5) is 5.69 Å². The van der Waals surface area contributed by atoms with Crippen molar-refractivity contribution in [3.05, 3.63) is 29.8 Å². The van der Waals surface area contributed by atoms with Crippen LogP contribution in [-0.4, -0.2) is 39.4 Å². The molecule has 2 N–H and O–H groups in total. The van der Waals surface area contributed by atoms with Crippen LogP contribution in [0.1, 0.15) is 16.8 Å². The molecule has 1 heterocycles. The maximum atomic E-state index is 11.7. The van der Waals surface area contributed by atoms with E-state index in [4.69, 9.17) is 5.11 Å². The van der Waals surface area contributed by atoms with Crippen LogP contribution < -0.4 is 5.32 Å². The lowest BCUT2D eigenvalue weighted by Gasteiger charge is -2.05. The predicted octanol–water partition coefficient (Wildman–Crippen LogP) is 2.55. The first kappa shape index (κ1) is 14.9. The highest BCUT2D eigenvalue weighted by Crippen LogP contribution is 2.22. The van der Waals surface area contributed by atoms with Crippen LogP contribution in [-0.2, 0) is 4.79 Å². The van der Waals surface area contributed by atoms with Gasteiger partial charge in [0.2, 0.25) is 5.91 Å². The monoisotopic (exact) mass is 310 g/mol. The average molecular weight is 310 g/mol. The molecule has 2 rings (SSSR count). The smallest absolute Gasteiger partial charge is 0.335 e. The number of carboxylic acid groups (broad SMARTS) is 1. The summed E-state index contributed by atoms with van der Waals surface area (Å²) in [5, 5.41) is 11.6. The van der Waals surface area contributed by atoms with Crippen molar-refractivity contribution >= 4 is 45.5 Å². The molecular formula is C13H14N2O3S2. The number of benzene rings is 1. The maximum Gasteiger partial charge on any atom is 0.335 e. The van der Waals surface area contributed by atoms with E-state index >= 15 is 0 Å². The van der Waals surface area contributed by atoms with Gasteiger partial charge in [-0.1, -0.05) is 29.6 Å². The summed E-state index contributed by atoms with van der Waals surface area (Å²) < 4.78 is 1.05. The van der Waals surface area contributed by atoms with Crippen LogP contribution in [0.25, 0.3) is 0 Å². The molecule has 0 unspecified atom stereocenters. The van der Waals surface area contributed by atoms with Crippen LogP contribution in [0, 0.1) is 0 Å². The second kappa shape index (κ2) is 7.35. The Bertz CT molecular complexity index is 546. The summed E-state index contributed by atoms with van der Waals surface area (Å²) in [4.78, 5) is 26.9. The Kier molecular flexibility index (Phi) is 5.49. The minimum atomic E-state index is -1.01. The highest BCUT2D eigenvalue weighted by molar-refractivity contribution is 8.39. The summed E-state index contributed by atoms with van der Waals surface area (Å²) in [6.45, 7) is 0.862. The molecule has 7 heteroatoms. The number of amides is 1. The van der Waals surface area contributed by atoms with Crippen molar-refractivity contribution in [2.45, 2.75) is 6.42 Å². The fourth-order valence-electron chi connectivity index (χ4n) is 1.59. The van der Waals surface area contributed by atoms with E-state index in [1.54, 1.807) is 35.7 Å². The number of carbonyl (C=O) groups excluding carboxylic acids is 1. The van der Waals surface area contributed by atoms with Gasteiger partial charge in [-0.15, -0.1) is 0 Å². The molecule has 0 bridgehead atoms. The Labute approximate surface area is 125 Å². The van der Waals surface area contributed by atoms with Crippen molar-refractivity contribution in [3.63, 3.8) is 0 Å². The largest absolute Gasteiger partial charge is 0.478 e. The second-order valence-corrected chi connectivity index (χ2v) is 6.45. The van der Waals surface area contributed by atoms with Crippen molar-refractivity contribution in [2.75, 3.05) is 23.4 Å². The molecular weight excluding hydrogens is 296 g/mol. The molecule has 0 spiro atoms. The van der Waals surface area contributed by atoms with Gasteiger partial charge in [-0.3, -0.25) is 9.79 Å². The third-order valence-corrected chi connectivity index (χ3v) is 4.76. The van der Waals surface area contributed by atoms with Crippen LogP contribution >= 0.6 is 23.5 Å². The van der Waals surface area contributed by atoms with Crippen LogP contribution in [0.5, 0.6) is 0 Å². The fraction of sp³-hybridized carbons (Fsp3) is 0.308. The predicted molar refractivity (Wildman–Crippen MR) is 83.9 cm³/mol. The van der Waals surface area contributed by atoms with E-state index in [2.05, 4.69) is 10.3 Å². The number of aliphatic imine (C=N–C) groups is 1. The topological polar surface area (TPSA) is 78.8 Å². The van der Waals surface area contributed by atoms with Crippen molar-refractivity contribution in [1.82, 2.24) is 0 Å². The lowest BCUT2D eigenvalue weighted by atomic mass is 10.2. The summed E-state index contributed by atoms with van der Waals surface area (Å²) in [6, 6.07) is 6.22. The molecule has 0 radical (unpaired) electrons. The minimum absolute atomic E-state index is 0.122. The number of thioether (sulfide) groups is 2. The Balaban J connectivity index is 1.78. The molecule has 0 atom stereocenters. The molecule has 5 nitrogen and oxygen atoms in total. The first-order chi connectivity index (χ1) is 9.65. The quantitative estimate of drug-likeness (QED) is 0.874. The average Bonchev–Trinajstić information content (AvgIpc) is 2.92. The Morgan fingerprint density at radius 2 is 2.30 bits per heavy atom. The van der Waals surface area contributed by atoms with Crippen molar-refractivity contribution in [1.29, 1.82) is 0 Å². The van der Waals surface area contributed by atoms with Gasteiger partial charge < -0.3 is 10.4 Å². The Morgan fingerprint density at radius 1 is 1.45 bits per heavy atom. The molecule has 0 saturated heterocycles. The SMILES string of the molecule is O=C(CCSC1=NCCS1)Nc1cccc(C(=O)O)c1. The highest BCUT2D eigenvalue weighted by atomic mass is 32.2. The minimum Gasteiger partial charge on any atom is -0.478 e. The number of aromatic carboxylic acids is 1. The van der Waals surface area contributed by atoms with E-state index in [0.29, 0.717) is 17.9 Å². The number of nitrogens with one attached hydrogen (secondary N) is 1. The summed E-state index contributed by atoms with van der Waals surface area (Å²) >= 11 is 3.31. The summed E-state index contributed by atoms with van der Waals surface area (Å²) in [6.07, 6.45) is 0.377. The van der Waals surface area contributed by atoms with E-state index in [0.717, 1.165) is 16.7 Å². The molecule has 1 aromatic rings. The fourth-order valence-corrected chi connectivity index (χ4v) is 3.61. The van der Waals surface area contributed by atoms with Crippen molar-refractivity contribution in [2.24, 2.45) is 4.99 Å². The number of rotatable bonds is 5. The summed E-state index contributed by atoms with van der Waals surface area (Å²) in [5.41, 5.74) is 0.668. The summed E-state index contributed by atoms with van der Waals surface area (Å²) in [7, 11) is 0. The van der Waals surface area contributed by atoms with E-state index in [-0.39, 0.29) is 11.5 Å². The van der Waals surface area contributed by atoms with Gasteiger partial charge >= 0.3 is 5.97 Å². The zero-order chi connectivity index (χ0) is 14.4.